The van der Waals surface area contributed by atoms with Crippen molar-refractivity contribution in [2.75, 3.05) is 6.61 Å². The molecular formula is C18H22BrF3N2O3. The van der Waals surface area contributed by atoms with E-state index >= 15 is 0 Å². The van der Waals surface area contributed by atoms with Crippen LogP contribution in [0.3, 0.4) is 0 Å². The van der Waals surface area contributed by atoms with Crippen molar-refractivity contribution in [3.63, 3.8) is 0 Å². The number of carbonyl (C=O) groups is 1. The molecule has 1 aliphatic heterocycles. The number of nitrogens with one attached hydrogen (secondary N) is 1. The normalized spacial score (nSPS) is 26.3. The van der Waals surface area contributed by atoms with Crippen LogP contribution in [0.4, 0.5) is 18.0 Å². The first-order chi connectivity index (χ1) is 12.2. The molecule has 1 aromatic rings. The van der Waals surface area contributed by atoms with Crippen molar-refractivity contribution in [3.8, 4) is 0 Å². The Balaban J connectivity index is 2.48. The first kappa shape index (κ1) is 21.7. The van der Waals surface area contributed by atoms with Crippen LogP contribution in [0.15, 0.2) is 33.7 Å². The number of nitrogens with zero attached hydrogens (tertiary/aromatic N) is 1. The molecule has 0 unspecified atom stereocenters. The number of benzene rings is 1. The Labute approximate surface area is 164 Å². The van der Waals surface area contributed by atoms with Crippen molar-refractivity contribution in [2.24, 2.45) is 4.99 Å². The predicted molar refractivity (Wildman–Crippen MR) is 98.7 cm³/mol. The van der Waals surface area contributed by atoms with E-state index in [1.165, 1.54) is 0 Å². The van der Waals surface area contributed by atoms with Crippen LogP contribution in [0.2, 0.25) is 0 Å². The molecule has 0 fully saturated rings. The molecule has 1 N–H and O–H groups in total. The summed E-state index contributed by atoms with van der Waals surface area (Å²) in [6.45, 7) is 7.01. The summed E-state index contributed by atoms with van der Waals surface area (Å²) in [5.74, 6) is -0.641. The van der Waals surface area contributed by atoms with Crippen molar-refractivity contribution in [1.82, 2.24) is 5.32 Å². The molecule has 0 aliphatic carbocycles. The van der Waals surface area contributed by atoms with Crippen LogP contribution in [0.25, 0.3) is 0 Å². The third kappa shape index (κ3) is 4.82. The van der Waals surface area contributed by atoms with Gasteiger partial charge in [0.2, 0.25) is 5.60 Å². The van der Waals surface area contributed by atoms with E-state index in [1.807, 2.05) is 0 Å². The number of alkyl carbamates (subject to hydrolysis) is 1. The van der Waals surface area contributed by atoms with Gasteiger partial charge in [-0.1, -0.05) is 28.1 Å². The van der Waals surface area contributed by atoms with Crippen LogP contribution in [-0.2, 0) is 15.0 Å². The molecule has 0 saturated carbocycles. The zero-order valence-corrected chi connectivity index (χ0v) is 17.3. The third-order valence-corrected chi connectivity index (χ3v) is 4.55. The number of carbonyl (C=O) groups excluding carboxylic acids is 1. The van der Waals surface area contributed by atoms with Gasteiger partial charge < -0.3 is 9.47 Å². The third-order valence-electron chi connectivity index (χ3n) is 4.06. The summed E-state index contributed by atoms with van der Waals surface area (Å²) in [7, 11) is 0. The zero-order chi connectivity index (χ0) is 20.7. The van der Waals surface area contributed by atoms with Crippen molar-refractivity contribution >= 4 is 27.9 Å². The number of rotatable bonds is 1. The SMILES string of the molecule is CC(C)(C)OC(=O)NC1=N[C@](C)(c2cccc(Br)c2)CO[C@@]1(C)C(F)(F)F. The molecule has 0 radical (unpaired) electrons. The lowest BCUT2D eigenvalue weighted by atomic mass is 9.90. The molecule has 1 amide bonds. The molecule has 5 nitrogen and oxygen atoms in total. The number of amides is 1. The van der Waals surface area contributed by atoms with E-state index in [0.717, 1.165) is 11.4 Å². The minimum absolute atomic E-state index is 0.307. The summed E-state index contributed by atoms with van der Waals surface area (Å²) >= 11 is 3.34. The van der Waals surface area contributed by atoms with E-state index in [9.17, 15) is 18.0 Å². The van der Waals surface area contributed by atoms with Gasteiger partial charge in [-0.2, -0.15) is 13.2 Å². The molecule has 0 aromatic heterocycles. The number of hydrogen-bond donors (Lipinski definition) is 1. The Morgan fingerprint density at radius 2 is 1.93 bits per heavy atom. The van der Waals surface area contributed by atoms with E-state index in [4.69, 9.17) is 9.47 Å². The van der Waals surface area contributed by atoms with E-state index in [1.54, 1.807) is 52.0 Å². The maximum Gasteiger partial charge on any atom is 0.424 e. The molecule has 1 aliphatic rings. The topological polar surface area (TPSA) is 59.9 Å². The number of aliphatic imine (C=N–C) groups is 1. The molecule has 1 heterocycles. The summed E-state index contributed by atoms with van der Waals surface area (Å²) in [6, 6.07) is 7.02. The van der Waals surface area contributed by atoms with Gasteiger partial charge in [0.1, 0.15) is 17.0 Å². The molecule has 27 heavy (non-hydrogen) atoms. The molecule has 9 heteroatoms. The van der Waals surface area contributed by atoms with Gasteiger partial charge in [-0.25, -0.2) is 4.79 Å². The highest BCUT2D eigenvalue weighted by molar-refractivity contribution is 9.10. The fourth-order valence-electron chi connectivity index (χ4n) is 2.47. The standard InChI is InChI=1S/C18H22BrF3N2O3/c1-15(2,3)27-14(25)23-13-17(5,18(20,21)22)26-10-16(4,24-13)11-7-6-8-12(19)9-11/h6-9H,10H2,1-5H3,(H,23,24,25)/t16-,17+/m0/s1. The van der Waals surface area contributed by atoms with E-state index < -0.39 is 34.8 Å². The highest BCUT2D eigenvalue weighted by Gasteiger charge is 2.60. The molecule has 1 aromatic carbocycles. The average molecular weight is 451 g/mol. The summed E-state index contributed by atoms with van der Waals surface area (Å²) in [5.41, 5.74) is -4.10. The summed E-state index contributed by atoms with van der Waals surface area (Å²) in [5, 5.41) is 2.14. The molecule has 0 spiro atoms. The monoisotopic (exact) mass is 450 g/mol. The molecule has 0 saturated heterocycles. The largest absolute Gasteiger partial charge is 0.444 e. The first-order valence-electron chi connectivity index (χ1n) is 8.23. The van der Waals surface area contributed by atoms with Gasteiger partial charge in [0.05, 0.1) is 6.61 Å². The van der Waals surface area contributed by atoms with Crippen molar-refractivity contribution < 1.29 is 27.4 Å². The van der Waals surface area contributed by atoms with Crippen LogP contribution in [0.1, 0.15) is 40.2 Å². The van der Waals surface area contributed by atoms with Crippen LogP contribution in [-0.4, -0.2) is 35.9 Å². The maximum atomic E-state index is 13.7. The van der Waals surface area contributed by atoms with Crippen molar-refractivity contribution in [3.05, 3.63) is 34.3 Å². The van der Waals surface area contributed by atoms with Crippen LogP contribution in [0.5, 0.6) is 0 Å². The van der Waals surface area contributed by atoms with Gasteiger partial charge in [-0.15, -0.1) is 0 Å². The zero-order valence-electron chi connectivity index (χ0n) is 15.7. The van der Waals surface area contributed by atoms with Gasteiger partial charge >= 0.3 is 12.3 Å². The smallest absolute Gasteiger partial charge is 0.424 e. The Bertz CT molecular complexity index is 761. The predicted octanol–water partition coefficient (Wildman–Crippen LogP) is 4.94. The second-order valence-electron chi connectivity index (χ2n) is 7.69. The summed E-state index contributed by atoms with van der Waals surface area (Å²) in [4.78, 5) is 16.4. The first-order valence-corrected chi connectivity index (χ1v) is 9.03. The van der Waals surface area contributed by atoms with Gasteiger partial charge in [0.15, 0.2) is 0 Å². The number of amidine groups is 1. The van der Waals surface area contributed by atoms with Crippen LogP contribution in [0, 0.1) is 0 Å². The highest BCUT2D eigenvalue weighted by atomic mass is 79.9. The minimum Gasteiger partial charge on any atom is -0.444 e. The quantitative estimate of drug-likeness (QED) is 0.658. The van der Waals surface area contributed by atoms with Crippen LogP contribution < -0.4 is 5.32 Å². The number of ether oxygens (including phenoxy) is 2. The fourth-order valence-corrected chi connectivity index (χ4v) is 2.87. The second-order valence-corrected chi connectivity index (χ2v) is 8.61. The van der Waals surface area contributed by atoms with Crippen LogP contribution >= 0.6 is 15.9 Å². The Kier molecular flexibility index (Phi) is 5.69. The minimum atomic E-state index is -4.78. The van der Waals surface area contributed by atoms with Crippen molar-refractivity contribution in [2.45, 2.75) is 57.5 Å². The Hall–Kier alpha value is -1.61. The van der Waals surface area contributed by atoms with E-state index in [2.05, 4.69) is 26.2 Å². The number of halogens is 4. The lowest BCUT2D eigenvalue weighted by Gasteiger charge is -2.42. The van der Waals surface area contributed by atoms with Crippen molar-refractivity contribution in [1.29, 1.82) is 0 Å². The molecule has 2 atom stereocenters. The lowest BCUT2D eigenvalue weighted by molar-refractivity contribution is -0.250. The van der Waals surface area contributed by atoms with E-state index in [0.29, 0.717) is 5.56 Å². The lowest BCUT2D eigenvalue weighted by Crippen LogP contribution is -2.62. The molecule has 2 rings (SSSR count). The second kappa shape index (κ2) is 7.09. The maximum absolute atomic E-state index is 13.7. The van der Waals surface area contributed by atoms with E-state index in [-0.39, 0.29) is 6.61 Å². The average Bonchev–Trinajstić information content (AvgIpc) is 2.48. The molecular weight excluding hydrogens is 429 g/mol. The number of alkyl halides is 3. The number of hydrogen-bond acceptors (Lipinski definition) is 4. The fraction of sp³-hybridized carbons (Fsp3) is 0.556. The van der Waals surface area contributed by atoms with Gasteiger partial charge in [0.25, 0.3) is 0 Å². The van der Waals surface area contributed by atoms with Gasteiger partial charge in [-0.3, -0.25) is 10.3 Å². The highest BCUT2D eigenvalue weighted by Crippen LogP contribution is 2.41. The summed E-state index contributed by atoms with van der Waals surface area (Å²) < 4.78 is 52.1. The summed E-state index contributed by atoms with van der Waals surface area (Å²) in [6.07, 6.45) is -5.81. The van der Waals surface area contributed by atoms with Gasteiger partial charge in [0, 0.05) is 4.47 Å². The molecule has 150 valence electrons. The Morgan fingerprint density at radius 3 is 2.44 bits per heavy atom. The molecule has 0 bridgehead atoms. The van der Waals surface area contributed by atoms with Gasteiger partial charge in [-0.05, 0) is 52.3 Å². The Morgan fingerprint density at radius 1 is 1.30 bits per heavy atom.